The molecule has 2 aromatic rings. The number of thiophene rings is 1. The van der Waals surface area contributed by atoms with Gasteiger partial charge in [-0.25, -0.2) is 0 Å². The first-order valence-electron chi connectivity index (χ1n) is 7.54. The van der Waals surface area contributed by atoms with Crippen LogP contribution in [-0.4, -0.2) is 30.4 Å². The van der Waals surface area contributed by atoms with Gasteiger partial charge in [-0.05, 0) is 72.6 Å². The normalized spacial score (nSPS) is 16.6. The van der Waals surface area contributed by atoms with Crippen LogP contribution < -0.4 is 5.32 Å². The maximum atomic E-state index is 12.3. The van der Waals surface area contributed by atoms with E-state index < -0.39 is 0 Å². The molecule has 1 aliphatic heterocycles. The Balaban J connectivity index is 1.66. The van der Waals surface area contributed by atoms with Gasteiger partial charge < -0.3 is 5.32 Å². The summed E-state index contributed by atoms with van der Waals surface area (Å²) in [6.45, 7) is 2.85. The molecule has 0 bridgehead atoms. The van der Waals surface area contributed by atoms with Gasteiger partial charge in [0.2, 0.25) is 0 Å². The highest BCUT2D eigenvalue weighted by molar-refractivity contribution is 7.07. The first-order chi connectivity index (χ1) is 10.7. The van der Waals surface area contributed by atoms with Gasteiger partial charge in [0, 0.05) is 17.1 Å². The molecule has 116 valence electrons. The Hall–Kier alpha value is -1.36. The molecule has 2 heterocycles. The number of carbonyl (C=O) groups excluding carboxylic acids is 1. The third kappa shape index (κ3) is 3.69. The van der Waals surface area contributed by atoms with E-state index in [1.807, 2.05) is 0 Å². The van der Waals surface area contributed by atoms with Gasteiger partial charge in [-0.2, -0.15) is 11.3 Å². The predicted octanol–water partition coefficient (Wildman–Crippen LogP) is 3.97. The lowest BCUT2D eigenvalue weighted by molar-refractivity contribution is 0.0938. The van der Waals surface area contributed by atoms with E-state index in [9.17, 15) is 4.79 Å². The monoisotopic (exact) mass is 334 g/mol. The first-order valence-corrected chi connectivity index (χ1v) is 8.86. The van der Waals surface area contributed by atoms with Gasteiger partial charge in [-0.1, -0.05) is 11.6 Å². The zero-order valence-corrected chi connectivity index (χ0v) is 13.9. The second kappa shape index (κ2) is 7.27. The molecule has 1 saturated heterocycles. The van der Waals surface area contributed by atoms with Crippen LogP contribution in [0.15, 0.2) is 41.1 Å². The fourth-order valence-electron chi connectivity index (χ4n) is 2.87. The van der Waals surface area contributed by atoms with Gasteiger partial charge in [0.15, 0.2) is 0 Å². The molecule has 0 saturated carbocycles. The van der Waals surface area contributed by atoms with Gasteiger partial charge in [-0.15, -0.1) is 0 Å². The fourth-order valence-corrected chi connectivity index (χ4v) is 3.70. The molecule has 1 unspecified atom stereocenters. The summed E-state index contributed by atoms with van der Waals surface area (Å²) in [4.78, 5) is 14.7. The summed E-state index contributed by atoms with van der Waals surface area (Å²) in [5, 5.41) is 7.98. The van der Waals surface area contributed by atoms with Crippen molar-refractivity contribution in [2.75, 3.05) is 19.6 Å². The summed E-state index contributed by atoms with van der Waals surface area (Å²) in [6.07, 6.45) is 2.48. The molecule has 22 heavy (non-hydrogen) atoms. The van der Waals surface area contributed by atoms with Crippen LogP contribution in [0.25, 0.3) is 0 Å². The molecule has 5 heteroatoms. The van der Waals surface area contributed by atoms with Gasteiger partial charge in [-0.3, -0.25) is 9.69 Å². The van der Waals surface area contributed by atoms with Crippen molar-refractivity contribution in [2.45, 2.75) is 18.9 Å². The van der Waals surface area contributed by atoms with Crippen LogP contribution in [-0.2, 0) is 0 Å². The number of nitrogens with one attached hydrogen (secondary N) is 1. The maximum absolute atomic E-state index is 12.3. The third-order valence-corrected chi connectivity index (χ3v) is 5.03. The van der Waals surface area contributed by atoms with Crippen LogP contribution in [0.3, 0.4) is 0 Å². The SMILES string of the molecule is O=C(NCC(c1ccsc1)N1CCCC1)c1ccc(Cl)cc1. The summed E-state index contributed by atoms with van der Waals surface area (Å²) in [5.41, 5.74) is 1.94. The van der Waals surface area contributed by atoms with Crippen LogP contribution in [0, 0.1) is 0 Å². The Morgan fingerprint density at radius 3 is 2.59 bits per heavy atom. The smallest absolute Gasteiger partial charge is 0.251 e. The van der Waals surface area contributed by atoms with E-state index >= 15 is 0 Å². The van der Waals surface area contributed by atoms with E-state index in [0.717, 1.165) is 13.1 Å². The van der Waals surface area contributed by atoms with E-state index in [4.69, 9.17) is 11.6 Å². The van der Waals surface area contributed by atoms with E-state index in [-0.39, 0.29) is 11.9 Å². The van der Waals surface area contributed by atoms with Crippen LogP contribution in [0.4, 0.5) is 0 Å². The van der Waals surface area contributed by atoms with Crippen molar-refractivity contribution in [2.24, 2.45) is 0 Å². The minimum atomic E-state index is -0.0453. The number of carbonyl (C=O) groups is 1. The summed E-state index contributed by atoms with van der Waals surface area (Å²) in [6, 6.07) is 9.42. The van der Waals surface area contributed by atoms with Crippen molar-refractivity contribution in [3.05, 3.63) is 57.2 Å². The summed E-state index contributed by atoms with van der Waals surface area (Å²) < 4.78 is 0. The number of benzene rings is 1. The Bertz CT molecular complexity index is 606. The highest BCUT2D eigenvalue weighted by Crippen LogP contribution is 2.26. The second-order valence-electron chi connectivity index (χ2n) is 5.53. The minimum absolute atomic E-state index is 0.0453. The Kier molecular flexibility index (Phi) is 5.13. The summed E-state index contributed by atoms with van der Waals surface area (Å²) >= 11 is 7.57. The highest BCUT2D eigenvalue weighted by Gasteiger charge is 2.24. The van der Waals surface area contributed by atoms with Crippen molar-refractivity contribution in [3.63, 3.8) is 0 Å². The number of rotatable bonds is 5. The molecule has 1 aromatic carbocycles. The minimum Gasteiger partial charge on any atom is -0.350 e. The number of nitrogens with zero attached hydrogens (tertiary/aromatic N) is 1. The van der Waals surface area contributed by atoms with E-state index in [0.29, 0.717) is 17.1 Å². The average Bonchev–Trinajstić information content (AvgIpc) is 3.22. The summed E-state index contributed by atoms with van der Waals surface area (Å²) in [5.74, 6) is -0.0453. The molecular formula is C17H19ClN2OS. The van der Waals surface area contributed by atoms with Crippen LogP contribution >= 0.6 is 22.9 Å². The van der Waals surface area contributed by atoms with E-state index in [1.54, 1.807) is 35.6 Å². The van der Waals surface area contributed by atoms with Crippen molar-refractivity contribution in [1.82, 2.24) is 10.2 Å². The topological polar surface area (TPSA) is 32.3 Å². The average molecular weight is 335 g/mol. The van der Waals surface area contributed by atoms with E-state index in [1.165, 1.54) is 18.4 Å². The Morgan fingerprint density at radius 2 is 1.95 bits per heavy atom. The fraction of sp³-hybridized carbons (Fsp3) is 0.353. The van der Waals surface area contributed by atoms with Gasteiger partial charge >= 0.3 is 0 Å². The molecule has 1 atom stereocenters. The highest BCUT2D eigenvalue weighted by atomic mass is 35.5. The zero-order valence-electron chi connectivity index (χ0n) is 12.3. The molecule has 0 radical (unpaired) electrons. The second-order valence-corrected chi connectivity index (χ2v) is 6.75. The predicted molar refractivity (Wildman–Crippen MR) is 91.7 cm³/mol. The van der Waals surface area contributed by atoms with Crippen LogP contribution in [0.1, 0.15) is 34.8 Å². The number of hydrogen-bond donors (Lipinski definition) is 1. The maximum Gasteiger partial charge on any atom is 0.251 e. The Labute approximate surface area is 139 Å². The Morgan fingerprint density at radius 1 is 1.23 bits per heavy atom. The first kappa shape index (κ1) is 15.5. The quantitative estimate of drug-likeness (QED) is 0.897. The van der Waals surface area contributed by atoms with Crippen molar-refractivity contribution in [1.29, 1.82) is 0 Å². The number of amides is 1. The van der Waals surface area contributed by atoms with Crippen LogP contribution in [0.2, 0.25) is 5.02 Å². The third-order valence-electron chi connectivity index (χ3n) is 4.07. The molecular weight excluding hydrogens is 316 g/mol. The lowest BCUT2D eigenvalue weighted by atomic mass is 10.1. The molecule has 3 nitrogen and oxygen atoms in total. The number of likely N-dealkylation sites (tertiary alicyclic amines) is 1. The van der Waals surface area contributed by atoms with Crippen LogP contribution in [0.5, 0.6) is 0 Å². The lowest BCUT2D eigenvalue weighted by Crippen LogP contribution is -2.36. The van der Waals surface area contributed by atoms with E-state index in [2.05, 4.69) is 27.0 Å². The molecule has 3 rings (SSSR count). The largest absolute Gasteiger partial charge is 0.350 e. The lowest BCUT2D eigenvalue weighted by Gasteiger charge is -2.27. The van der Waals surface area contributed by atoms with Gasteiger partial charge in [0.25, 0.3) is 5.91 Å². The molecule has 1 N–H and O–H groups in total. The van der Waals surface area contributed by atoms with Crippen molar-refractivity contribution < 1.29 is 4.79 Å². The van der Waals surface area contributed by atoms with Crippen molar-refractivity contribution >= 4 is 28.8 Å². The number of hydrogen-bond acceptors (Lipinski definition) is 3. The standard InChI is InChI=1S/C17H19ClN2OS/c18-15-5-3-13(4-6-15)17(21)19-11-16(14-7-10-22-12-14)20-8-1-2-9-20/h3-7,10,12,16H,1-2,8-9,11H2,(H,19,21). The zero-order chi connectivity index (χ0) is 15.4. The molecule has 1 amide bonds. The molecule has 0 spiro atoms. The molecule has 1 aromatic heterocycles. The molecule has 1 fully saturated rings. The number of halogens is 1. The molecule has 1 aliphatic rings. The van der Waals surface area contributed by atoms with Gasteiger partial charge in [0.05, 0.1) is 6.04 Å². The van der Waals surface area contributed by atoms with Gasteiger partial charge in [0.1, 0.15) is 0 Å². The van der Waals surface area contributed by atoms with Crippen molar-refractivity contribution in [3.8, 4) is 0 Å². The summed E-state index contributed by atoms with van der Waals surface area (Å²) in [7, 11) is 0. The molecule has 0 aliphatic carbocycles.